The molecular weight excluding hydrogens is 468 g/mol. The first-order valence-corrected chi connectivity index (χ1v) is 13.4. The first kappa shape index (κ1) is 25.7. The number of hydrogen-bond donors (Lipinski definition) is 1. The maximum atomic E-state index is 13.1. The summed E-state index contributed by atoms with van der Waals surface area (Å²) in [5.41, 5.74) is -0.413. The fourth-order valence-electron chi connectivity index (χ4n) is 4.19. The van der Waals surface area contributed by atoms with Crippen LogP contribution in [0.25, 0.3) is 0 Å². The predicted molar refractivity (Wildman–Crippen MR) is 127 cm³/mol. The first-order valence-electron chi connectivity index (χ1n) is 11.1. The Hall–Kier alpha value is -1.88. The second-order valence-electron chi connectivity index (χ2n) is 9.08. The number of nitrogens with zero attached hydrogens (tertiary/aromatic N) is 3. The van der Waals surface area contributed by atoms with Crippen molar-refractivity contribution in [2.75, 3.05) is 65.7 Å². The second-order valence-corrected chi connectivity index (χ2v) is 11.4. The summed E-state index contributed by atoms with van der Waals surface area (Å²) < 4.78 is 30.9. The Morgan fingerprint density at radius 1 is 1.06 bits per heavy atom. The maximum Gasteiger partial charge on any atom is 0.237 e. The number of nitrogens with one attached hydrogen (secondary N) is 1. The van der Waals surface area contributed by atoms with Gasteiger partial charge < -0.3 is 19.4 Å². The molecule has 3 rings (SSSR count). The molecule has 11 heteroatoms. The molecule has 1 aromatic carbocycles. The summed E-state index contributed by atoms with van der Waals surface area (Å²) in [5.74, 6) is 0.483. The van der Waals surface area contributed by atoms with Crippen LogP contribution in [0.5, 0.6) is 5.75 Å². The molecule has 0 aliphatic carbocycles. The number of benzene rings is 1. The van der Waals surface area contributed by atoms with Crippen LogP contribution in [-0.4, -0.2) is 101 Å². The molecule has 2 aliphatic rings. The third-order valence-corrected chi connectivity index (χ3v) is 7.29. The molecule has 0 saturated carbocycles. The normalized spacial score (nSPS) is 19.4. The molecule has 2 fully saturated rings. The quantitative estimate of drug-likeness (QED) is 0.572. The van der Waals surface area contributed by atoms with Gasteiger partial charge in [0.15, 0.2) is 0 Å². The monoisotopic (exact) mass is 500 g/mol. The zero-order chi connectivity index (χ0) is 24.1. The molecule has 2 saturated heterocycles. The lowest BCUT2D eigenvalue weighted by molar-refractivity contribution is -0.138. The number of hydrogen-bond acceptors (Lipinski definition) is 6. The number of piperazine rings is 1. The lowest BCUT2D eigenvalue weighted by atomic mass is 9.75. The molecule has 9 nitrogen and oxygen atoms in total. The highest BCUT2D eigenvalue weighted by atomic mass is 35.5. The van der Waals surface area contributed by atoms with E-state index in [9.17, 15) is 18.0 Å². The van der Waals surface area contributed by atoms with E-state index in [1.165, 1.54) is 0 Å². The van der Waals surface area contributed by atoms with Crippen molar-refractivity contribution in [2.24, 2.45) is 5.41 Å². The molecule has 2 aliphatic heterocycles. The number of halogens is 1. The van der Waals surface area contributed by atoms with Crippen LogP contribution in [0, 0.1) is 5.41 Å². The van der Waals surface area contributed by atoms with Crippen LogP contribution in [-0.2, 0) is 19.6 Å². The van der Waals surface area contributed by atoms with E-state index in [-0.39, 0.29) is 18.4 Å². The van der Waals surface area contributed by atoms with Gasteiger partial charge in [-0.3, -0.25) is 9.59 Å². The van der Waals surface area contributed by atoms with Gasteiger partial charge in [0, 0.05) is 56.1 Å². The molecule has 0 unspecified atom stereocenters. The average molecular weight is 501 g/mol. The second kappa shape index (κ2) is 11.0. The van der Waals surface area contributed by atoms with Crippen LogP contribution in [0.1, 0.15) is 19.3 Å². The lowest BCUT2D eigenvalue weighted by Gasteiger charge is -2.42. The van der Waals surface area contributed by atoms with Gasteiger partial charge in [-0.25, -0.2) is 13.1 Å². The van der Waals surface area contributed by atoms with E-state index < -0.39 is 15.4 Å². The van der Waals surface area contributed by atoms with Crippen LogP contribution in [0.4, 0.5) is 0 Å². The van der Waals surface area contributed by atoms with Gasteiger partial charge >= 0.3 is 0 Å². The van der Waals surface area contributed by atoms with Crippen molar-refractivity contribution in [3.8, 4) is 5.75 Å². The van der Waals surface area contributed by atoms with Gasteiger partial charge in [-0.1, -0.05) is 17.7 Å². The molecule has 0 bridgehead atoms. The van der Waals surface area contributed by atoms with Crippen molar-refractivity contribution in [1.29, 1.82) is 0 Å². The Bertz CT molecular complexity index is 942. The summed E-state index contributed by atoms with van der Waals surface area (Å²) in [6.07, 6.45) is 2.56. The highest BCUT2D eigenvalue weighted by molar-refractivity contribution is 7.88. The zero-order valence-electron chi connectivity index (χ0n) is 19.3. The van der Waals surface area contributed by atoms with E-state index in [0.29, 0.717) is 62.8 Å². The first-order chi connectivity index (χ1) is 15.6. The van der Waals surface area contributed by atoms with Gasteiger partial charge in [-0.15, -0.1) is 0 Å². The Kier molecular flexibility index (Phi) is 8.60. The molecule has 2 amide bonds. The number of ether oxygens (including phenoxy) is 1. The van der Waals surface area contributed by atoms with Gasteiger partial charge in [0.25, 0.3) is 0 Å². The summed E-state index contributed by atoms with van der Waals surface area (Å²) in [6.45, 7) is 4.10. The number of sulfonamides is 1. The highest BCUT2D eigenvalue weighted by Crippen LogP contribution is 2.37. The molecule has 1 aromatic rings. The minimum atomic E-state index is -3.44. The number of carbonyl (C=O) groups excluding carboxylic acids is 2. The summed E-state index contributed by atoms with van der Waals surface area (Å²) >= 11 is 6.08. The molecule has 2 heterocycles. The van der Waals surface area contributed by atoms with Gasteiger partial charge in [-0.05, 0) is 38.1 Å². The molecule has 33 heavy (non-hydrogen) atoms. The lowest BCUT2D eigenvalue weighted by Crippen LogP contribution is -2.52. The molecule has 0 atom stereocenters. The molecule has 184 valence electrons. The van der Waals surface area contributed by atoms with Crippen molar-refractivity contribution < 1.29 is 22.7 Å². The van der Waals surface area contributed by atoms with Crippen LogP contribution in [0.3, 0.4) is 0 Å². The smallest absolute Gasteiger partial charge is 0.237 e. The summed E-state index contributed by atoms with van der Waals surface area (Å²) in [6, 6.07) is 7.16. The Morgan fingerprint density at radius 3 is 2.30 bits per heavy atom. The number of piperidine rings is 1. The van der Waals surface area contributed by atoms with Crippen LogP contribution in [0.15, 0.2) is 24.3 Å². The van der Waals surface area contributed by atoms with Crippen molar-refractivity contribution in [3.63, 3.8) is 0 Å². The molecule has 0 spiro atoms. The van der Waals surface area contributed by atoms with Crippen molar-refractivity contribution in [1.82, 2.24) is 19.4 Å². The van der Waals surface area contributed by atoms with Crippen molar-refractivity contribution in [3.05, 3.63) is 29.3 Å². The maximum absolute atomic E-state index is 13.1. The molecule has 0 radical (unpaired) electrons. The number of rotatable bonds is 8. The van der Waals surface area contributed by atoms with E-state index >= 15 is 0 Å². The topological polar surface area (TPSA) is 99.3 Å². The fraction of sp³-hybridized carbons (Fsp3) is 0.636. The van der Waals surface area contributed by atoms with E-state index in [2.05, 4.69) is 9.62 Å². The van der Waals surface area contributed by atoms with Gasteiger partial charge in [0.05, 0.1) is 19.4 Å². The minimum Gasteiger partial charge on any atom is -0.493 e. The van der Waals surface area contributed by atoms with Crippen LogP contribution < -0.4 is 9.46 Å². The SMILES string of the molecule is CN1CCN(C(=O)CC2(COc3cccc(Cl)c3)CCN(C(=O)CNS(C)(=O)=O)CC2)CC1. The fourth-order valence-corrected chi connectivity index (χ4v) is 4.75. The van der Waals surface area contributed by atoms with E-state index in [1.807, 2.05) is 24.1 Å². The highest BCUT2D eigenvalue weighted by Gasteiger charge is 2.40. The molecule has 0 aromatic heterocycles. The number of likely N-dealkylation sites (N-methyl/N-ethyl adjacent to an activating group) is 1. The van der Waals surface area contributed by atoms with Gasteiger partial charge in [0.2, 0.25) is 21.8 Å². The summed E-state index contributed by atoms with van der Waals surface area (Å²) in [5, 5.41) is 0.578. The number of amides is 2. The summed E-state index contributed by atoms with van der Waals surface area (Å²) in [4.78, 5) is 31.4. The van der Waals surface area contributed by atoms with Gasteiger partial charge in [0.1, 0.15) is 5.75 Å². The number of likely N-dealkylation sites (tertiary alicyclic amines) is 1. The van der Waals surface area contributed by atoms with Crippen LogP contribution in [0.2, 0.25) is 5.02 Å². The largest absolute Gasteiger partial charge is 0.493 e. The minimum absolute atomic E-state index is 0.108. The van der Waals surface area contributed by atoms with E-state index in [1.54, 1.807) is 17.0 Å². The zero-order valence-corrected chi connectivity index (χ0v) is 20.8. The predicted octanol–water partition coefficient (Wildman–Crippen LogP) is 1.04. The molecular formula is C22H33ClN4O5S. The van der Waals surface area contributed by atoms with E-state index in [4.69, 9.17) is 16.3 Å². The van der Waals surface area contributed by atoms with Crippen molar-refractivity contribution >= 4 is 33.4 Å². The standard InChI is InChI=1S/C22H33ClN4O5S/c1-25-10-12-27(13-11-25)20(28)15-22(17-32-19-5-3-4-18(23)14-19)6-8-26(9-7-22)21(29)16-24-33(2,30)31/h3-5,14,24H,6-13,15-17H2,1-2H3. The molecule has 1 N–H and O–H groups in total. The Labute approximate surface area is 201 Å². The van der Waals surface area contributed by atoms with Crippen LogP contribution >= 0.6 is 11.6 Å². The third kappa shape index (κ3) is 7.84. The third-order valence-electron chi connectivity index (χ3n) is 6.39. The van der Waals surface area contributed by atoms with E-state index in [0.717, 1.165) is 19.3 Å². The van der Waals surface area contributed by atoms with Gasteiger partial charge in [-0.2, -0.15) is 0 Å². The van der Waals surface area contributed by atoms with Crippen molar-refractivity contribution in [2.45, 2.75) is 19.3 Å². The number of carbonyl (C=O) groups is 2. The average Bonchev–Trinajstić information content (AvgIpc) is 2.77. The Balaban J connectivity index is 1.65. The summed E-state index contributed by atoms with van der Waals surface area (Å²) in [7, 11) is -1.39. The Morgan fingerprint density at radius 2 is 1.70 bits per heavy atom.